The number of nitrogens with zero attached hydrogens (tertiary/aromatic N) is 1. The van der Waals surface area contributed by atoms with Gasteiger partial charge in [0, 0.05) is 17.5 Å². The first-order valence-corrected chi connectivity index (χ1v) is 8.48. The van der Waals surface area contributed by atoms with E-state index in [9.17, 15) is 9.59 Å². The van der Waals surface area contributed by atoms with Crippen molar-refractivity contribution >= 4 is 22.8 Å². The average molecular weight is 328 g/mol. The van der Waals surface area contributed by atoms with Crippen LogP contribution in [0.3, 0.4) is 0 Å². The van der Waals surface area contributed by atoms with Crippen LogP contribution in [-0.2, 0) is 16.0 Å². The summed E-state index contributed by atoms with van der Waals surface area (Å²) in [6.45, 7) is 6.98. The molecule has 0 bridgehead atoms. The maximum Gasteiger partial charge on any atom is 0.240 e. The van der Waals surface area contributed by atoms with E-state index in [1.807, 2.05) is 6.07 Å². The van der Waals surface area contributed by atoms with Crippen LogP contribution in [0.25, 0.3) is 11.0 Å². The first kappa shape index (κ1) is 16.6. The lowest BCUT2D eigenvalue weighted by molar-refractivity contribution is -0.136. The highest BCUT2D eigenvalue weighted by molar-refractivity contribution is 5.91. The maximum atomic E-state index is 12.6. The van der Waals surface area contributed by atoms with Gasteiger partial charge in [-0.15, -0.1) is 0 Å². The first-order valence-electron chi connectivity index (χ1n) is 8.48. The van der Waals surface area contributed by atoms with Crippen molar-refractivity contribution in [2.45, 2.75) is 52.0 Å². The van der Waals surface area contributed by atoms with Crippen LogP contribution in [0.1, 0.15) is 49.3 Å². The lowest BCUT2D eigenvalue weighted by atomic mass is 9.95. The fourth-order valence-corrected chi connectivity index (χ4v) is 3.63. The third kappa shape index (κ3) is 2.90. The van der Waals surface area contributed by atoms with Gasteiger partial charge in [-0.05, 0) is 48.9 Å². The number of nitrogens with two attached hydrogens (primary N) is 1. The Morgan fingerprint density at radius 1 is 1.38 bits per heavy atom. The molecule has 1 aliphatic rings. The quantitative estimate of drug-likeness (QED) is 0.937. The molecule has 1 atom stereocenters. The molecule has 1 aromatic heterocycles. The highest BCUT2D eigenvalue weighted by Crippen LogP contribution is 2.30. The minimum Gasteiger partial charge on any atom is -0.464 e. The number of likely N-dealkylation sites (tertiary alicyclic amines) is 1. The van der Waals surface area contributed by atoms with Crippen molar-refractivity contribution in [1.29, 1.82) is 0 Å². The van der Waals surface area contributed by atoms with Crippen molar-refractivity contribution in [3.05, 3.63) is 35.1 Å². The Hall–Kier alpha value is -2.30. The van der Waals surface area contributed by atoms with Gasteiger partial charge in [-0.25, -0.2) is 0 Å². The van der Waals surface area contributed by atoms with Gasteiger partial charge in [0.2, 0.25) is 11.8 Å². The van der Waals surface area contributed by atoms with Gasteiger partial charge in [0.15, 0.2) is 0 Å². The number of carbonyl (C=O) groups excluding carboxylic acids is 2. The van der Waals surface area contributed by atoms with E-state index < -0.39 is 11.9 Å². The van der Waals surface area contributed by atoms with Crippen LogP contribution in [0.2, 0.25) is 0 Å². The van der Waals surface area contributed by atoms with Crippen molar-refractivity contribution < 1.29 is 14.0 Å². The minimum absolute atomic E-state index is 0.0642. The number of amides is 2. The average Bonchev–Trinajstić information content (AvgIpc) is 3.13. The fraction of sp³-hybridized carbons (Fsp3) is 0.474. The second-order valence-electron chi connectivity index (χ2n) is 6.94. The molecule has 5 nitrogen and oxygen atoms in total. The molecule has 0 unspecified atom stereocenters. The van der Waals surface area contributed by atoms with Gasteiger partial charge in [0.25, 0.3) is 0 Å². The minimum atomic E-state index is -0.468. The van der Waals surface area contributed by atoms with E-state index in [4.69, 9.17) is 10.2 Å². The summed E-state index contributed by atoms with van der Waals surface area (Å²) < 4.78 is 5.64. The summed E-state index contributed by atoms with van der Waals surface area (Å²) in [5, 5.41) is 0.979. The van der Waals surface area contributed by atoms with Gasteiger partial charge in [0.1, 0.15) is 11.6 Å². The molecule has 0 spiro atoms. The second-order valence-corrected chi connectivity index (χ2v) is 6.94. The molecule has 1 saturated heterocycles. The number of fused-ring (bicyclic) bond motifs is 1. The summed E-state index contributed by atoms with van der Waals surface area (Å²) >= 11 is 0. The Kier molecular flexibility index (Phi) is 4.35. The van der Waals surface area contributed by atoms with E-state index in [0.717, 1.165) is 23.0 Å². The molecule has 0 saturated carbocycles. The van der Waals surface area contributed by atoms with E-state index in [2.05, 4.69) is 26.8 Å². The zero-order valence-corrected chi connectivity index (χ0v) is 14.5. The standard InChI is InChI=1S/C19H24N2O3/c1-11(2)14-9-15-13(10-24-17(15)7-12(14)3)8-18(22)21-6-4-5-16(21)19(20)23/h7,9-11,16H,4-6,8H2,1-3H3,(H2,20,23)/t16-/m0/s1. The highest BCUT2D eigenvalue weighted by Gasteiger charge is 2.32. The summed E-state index contributed by atoms with van der Waals surface area (Å²) in [7, 11) is 0. The van der Waals surface area contributed by atoms with Crippen molar-refractivity contribution in [1.82, 2.24) is 4.90 Å². The fourth-order valence-electron chi connectivity index (χ4n) is 3.63. The smallest absolute Gasteiger partial charge is 0.240 e. The summed E-state index contributed by atoms with van der Waals surface area (Å²) in [5.74, 6) is -0.0769. The van der Waals surface area contributed by atoms with Gasteiger partial charge >= 0.3 is 0 Å². The summed E-state index contributed by atoms with van der Waals surface area (Å²) in [4.78, 5) is 25.7. The van der Waals surface area contributed by atoms with E-state index in [1.165, 1.54) is 11.1 Å². The van der Waals surface area contributed by atoms with E-state index in [0.29, 0.717) is 18.9 Å². The number of hydrogen-bond donors (Lipinski definition) is 1. The van der Waals surface area contributed by atoms with Crippen LogP contribution in [0.4, 0.5) is 0 Å². The molecule has 2 aromatic rings. The zero-order chi connectivity index (χ0) is 17.4. The predicted octanol–water partition coefficient (Wildman–Crippen LogP) is 2.88. The normalized spacial score (nSPS) is 17.8. The van der Waals surface area contributed by atoms with Gasteiger partial charge < -0.3 is 15.1 Å². The molecule has 128 valence electrons. The number of benzene rings is 1. The molecule has 0 radical (unpaired) electrons. The summed E-state index contributed by atoms with van der Waals surface area (Å²) in [5.41, 5.74) is 9.53. The number of aryl methyl sites for hydroxylation is 1. The third-order valence-corrected chi connectivity index (χ3v) is 4.91. The number of carbonyl (C=O) groups is 2. The zero-order valence-electron chi connectivity index (χ0n) is 14.5. The lowest BCUT2D eigenvalue weighted by Gasteiger charge is -2.22. The molecule has 2 amide bonds. The SMILES string of the molecule is Cc1cc2occ(CC(=O)N3CCC[C@H]3C(N)=O)c2cc1C(C)C. The number of furan rings is 1. The molecule has 5 heteroatoms. The third-order valence-electron chi connectivity index (χ3n) is 4.91. The Bertz CT molecular complexity index is 791. The van der Waals surface area contributed by atoms with Gasteiger partial charge in [-0.3, -0.25) is 9.59 Å². The molecule has 0 aliphatic carbocycles. The second kappa shape index (κ2) is 6.30. The Morgan fingerprint density at radius 2 is 2.12 bits per heavy atom. The summed E-state index contributed by atoms with van der Waals surface area (Å²) in [6.07, 6.45) is 3.37. The first-order chi connectivity index (χ1) is 11.4. The molecular formula is C19H24N2O3. The van der Waals surface area contributed by atoms with Crippen molar-refractivity contribution in [2.75, 3.05) is 6.54 Å². The Labute approximate surface area is 141 Å². The van der Waals surface area contributed by atoms with E-state index in [1.54, 1.807) is 11.2 Å². The molecule has 3 rings (SSSR count). The van der Waals surface area contributed by atoms with Crippen LogP contribution in [0, 0.1) is 6.92 Å². The molecule has 24 heavy (non-hydrogen) atoms. The van der Waals surface area contributed by atoms with Gasteiger partial charge in [-0.2, -0.15) is 0 Å². The van der Waals surface area contributed by atoms with Crippen LogP contribution in [0.15, 0.2) is 22.8 Å². The van der Waals surface area contributed by atoms with Crippen LogP contribution < -0.4 is 5.73 Å². The van der Waals surface area contributed by atoms with Crippen molar-refractivity contribution in [3.8, 4) is 0 Å². The number of hydrogen-bond acceptors (Lipinski definition) is 3. The summed E-state index contributed by atoms with van der Waals surface area (Å²) in [6, 6.07) is 3.68. The topological polar surface area (TPSA) is 76.5 Å². The number of rotatable bonds is 4. The van der Waals surface area contributed by atoms with Gasteiger partial charge in [0.05, 0.1) is 12.7 Å². The Balaban J connectivity index is 1.89. The van der Waals surface area contributed by atoms with Crippen molar-refractivity contribution in [2.24, 2.45) is 5.73 Å². The Morgan fingerprint density at radius 3 is 2.79 bits per heavy atom. The monoisotopic (exact) mass is 328 g/mol. The molecule has 1 aliphatic heterocycles. The molecule has 1 fully saturated rings. The largest absolute Gasteiger partial charge is 0.464 e. The van der Waals surface area contributed by atoms with E-state index in [-0.39, 0.29) is 12.3 Å². The molecule has 2 heterocycles. The van der Waals surface area contributed by atoms with Crippen LogP contribution in [-0.4, -0.2) is 29.3 Å². The lowest BCUT2D eigenvalue weighted by Crippen LogP contribution is -2.44. The highest BCUT2D eigenvalue weighted by atomic mass is 16.3. The number of primary amides is 1. The van der Waals surface area contributed by atoms with Crippen molar-refractivity contribution in [3.63, 3.8) is 0 Å². The van der Waals surface area contributed by atoms with Gasteiger partial charge in [-0.1, -0.05) is 13.8 Å². The van der Waals surface area contributed by atoms with Crippen LogP contribution in [0.5, 0.6) is 0 Å². The van der Waals surface area contributed by atoms with E-state index >= 15 is 0 Å². The molecule has 1 aromatic carbocycles. The molecular weight excluding hydrogens is 304 g/mol. The van der Waals surface area contributed by atoms with Crippen LogP contribution >= 0.6 is 0 Å². The predicted molar refractivity (Wildman–Crippen MR) is 92.7 cm³/mol. The molecule has 2 N–H and O–H groups in total. The maximum absolute atomic E-state index is 12.6.